The number of anilines is 1. The van der Waals surface area contributed by atoms with Crippen LogP contribution >= 0.6 is 0 Å². The second kappa shape index (κ2) is 7.99. The number of aromatic amines is 1. The van der Waals surface area contributed by atoms with Gasteiger partial charge in [0.1, 0.15) is 41.4 Å². The number of hydrogen-bond acceptors (Lipinski definition) is 6. The first-order valence-corrected chi connectivity index (χ1v) is 8.36. The number of aromatic carboxylic acids is 1. The number of hydrogen-bond donors (Lipinski definition) is 3. The van der Waals surface area contributed by atoms with E-state index < -0.39 is 11.5 Å². The first-order chi connectivity index (χ1) is 13.9. The molecule has 0 unspecified atom stereocenters. The highest BCUT2D eigenvalue weighted by molar-refractivity contribution is 5.87. The van der Waals surface area contributed by atoms with Crippen LogP contribution in [0.25, 0.3) is 11.1 Å². The van der Waals surface area contributed by atoms with Crippen LogP contribution < -0.4 is 16.0 Å². The Morgan fingerprint density at radius 2 is 1.79 bits per heavy atom. The van der Waals surface area contributed by atoms with E-state index in [-0.39, 0.29) is 34.7 Å². The van der Waals surface area contributed by atoms with Gasteiger partial charge in [0.25, 0.3) is 5.56 Å². The summed E-state index contributed by atoms with van der Waals surface area (Å²) in [6.07, 6.45) is 0. The van der Waals surface area contributed by atoms with Gasteiger partial charge in [-0.15, -0.1) is 0 Å². The minimum atomic E-state index is -1.02. The Hall–Kier alpha value is -4.56. The summed E-state index contributed by atoms with van der Waals surface area (Å²) in [5.74, 6) is -0.635. The molecule has 142 valence electrons. The number of rotatable bonds is 5. The van der Waals surface area contributed by atoms with Gasteiger partial charge in [0, 0.05) is 5.56 Å². The zero-order valence-corrected chi connectivity index (χ0v) is 15.0. The van der Waals surface area contributed by atoms with Crippen molar-refractivity contribution < 1.29 is 14.6 Å². The third kappa shape index (κ3) is 3.92. The van der Waals surface area contributed by atoms with Crippen LogP contribution in [-0.4, -0.2) is 16.1 Å². The maximum atomic E-state index is 12.0. The van der Waals surface area contributed by atoms with E-state index in [2.05, 4.69) is 4.98 Å². The lowest BCUT2D eigenvalue weighted by molar-refractivity contribution is 0.0696. The lowest BCUT2D eigenvalue weighted by atomic mass is 9.96. The number of nitriles is 2. The van der Waals surface area contributed by atoms with Gasteiger partial charge < -0.3 is 20.6 Å². The molecular formula is C21H14N4O4. The Morgan fingerprint density at radius 3 is 2.41 bits per heavy atom. The topological polar surface area (TPSA) is 153 Å². The summed E-state index contributed by atoms with van der Waals surface area (Å²) in [6, 6.07) is 16.6. The van der Waals surface area contributed by atoms with Gasteiger partial charge in [0.2, 0.25) is 0 Å². The van der Waals surface area contributed by atoms with Gasteiger partial charge >= 0.3 is 5.97 Å². The summed E-state index contributed by atoms with van der Waals surface area (Å²) in [4.78, 5) is 25.3. The van der Waals surface area contributed by atoms with Crippen LogP contribution in [0.3, 0.4) is 0 Å². The molecule has 4 N–H and O–H groups in total. The fourth-order valence-electron chi connectivity index (χ4n) is 2.81. The standard InChI is InChI=1S/C21H14N4O4/c22-9-16-18(17(10-23)20(26)25-19(16)24)13-4-6-15(7-5-13)29-11-12-2-1-3-14(8-12)21(27)28/h1-8H,11H2,(H,27,28)(H3,24,25,26). The third-order valence-electron chi connectivity index (χ3n) is 4.19. The van der Waals surface area contributed by atoms with Crippen LogP contribution in [0.5, 0.6) is 5.75 Å². The van der Waals surface area contributed by atoms with Gasteiger partial charge in [-0.2, -0.15) is 10.5 Å². The molecule has 0 aliphatic rings. The quantitative estimate of drug-likeness (QED) is 0.609. The van der Waals surface area contributed by atoms with E-state index >= 15 is 0 Å². The molecule has 0 aliphatic heterocycles. The fourth-order valence-corrected chi connectivity index (χ4v) is 2.81. The highest BCUT2D eigenvalue weighted by Gasteiger charge is 2.18. The molecule has 3 rings (SSSR count). The molecule has 29 heavy (non-hydrogen) atoms. The maximum absolute atomic E-state index is 12.0. The van der Waals surface area contributed by atoms with Gasteiger partial charge in [-0.3, -0.25) is 4.79 Å². The van der Waals surface area contributed by atoms with Gasteiger partial charge in [-0.05, 0) is 35.4 Å². The van der Waals surface area contributed by atoms with E-state index in [4.69, 9.17) is 15.6 Å². The molecule has 3 aromatic rings. The number of nitrogens with zero attached hydrogens (tertiary/aromatic N) is 2. The minimum Gasteiger partial charge on any atom is -0.489 e. The Bertz CT molecular complexity index is 1230. The normalized spacial score (nSPS) is 10.0. The summed E-state index contributed by atoms with van der Waals surface area (Å²) in [5, 5.41) is 27.7. The van der Waals surface area contributed by atoms with E-state index in [0.29, 0.717) is 16.9 Å². The highest BCUT2D eigenvalue weighted by atomic mass is 16.5. The highest BCUT2D eigenvalue weighted by Crippen LogP contribution is 2.29. The summed E-state index contributed by atoms with van der Waals surface area (Å²) in [6.45, 7) is 0.158. The molecule has 8 nitrogen and oxygen atoms in total. The number of pyridine rings is 1. The Kier molecular flexibility index (Phi) is 5.29. The molecule has 0 spiro atoms. The average Bonchev–Trinajstić information content (AvgIpc) is 2.72. The van der Waals surface area contributed by atoms with Gasteiger partial charge in [-0.1, -0.05) is 24.3 Å². The van der Waals surface area contributed by atoms with E-state index in [1.54, 1.807) is 36.4 Å². The van der Waals surface area contributed by atoms with Crippen molar-refractivity contribution in [2.75, 3.05) is 5.73 Å². The smallest absolute Gasteiger partial charge is 0.335 e. The first-order valence-electron chi connectivity index (χ1n) is 8.36. The Balaban J connectivity index is 1.88. The number of H-pyrrole nitrogens is 1. The van der Waals surface area contributed by atoms with E-state index in [9.17, 15) is 20.1 Å². The van der Waals surface area contributed by atoms with E-state index in [0.717, 1.165) is 0 Å². The van der Waals surface area contributed by atoms with Crippen molar-refractivity contribution in [3.63, 3.8) is 0 Å². The summed E-state index contributed by atoms with van der Waals surface area (Å²) in [7, 11) is 0. The number of nitrogens with two attached hydrogens (primary N) is 1. The lowest BCUT2D eigenvalue weighted by Crippen LogP contribution is -2.16. The molecule has 0 bridgehead atoms. The lowest BCUT2D eigenvalue weighted by Gasteiger charge is -2.10. The van der Waals surface area contributed by atoms with Crippen molar-refractivity contribution in [1.29, 1.82) is 10.5 Å². The molecule has 0 amide bonds. The summed E-state index contributed by atoms with van der Waals surface area (Å²) in [5.41, 5.74) is 6.35. The van der Waals surface area contributed by atoms with Crippen molar-refractivity contribution in [1.82, 2.24) is 4.98 Å². The Morgan fingerprint density at radius 1 is 1.10 bits per heavy atom. The molecule has 1 heterocycles. The number of benzene rings is 2. The van der Waals surface area contributed by atoms with Crippen molar-refractivity contribution >= 4 is 11.8 Å². The Labute approximate surface area is 165 Å². The van der Waals surface area contributed by atoms with Crippen LogP contribution in [-0.2, 0) is 6.61 Å². The first kappa shape index (κ1) is 19.2. The monoisotopic (exact) mass is 386 g/mol. The summed E-state index contributed by atoms with van der Waals surface area (Å²) >= 11 is 0. The van der Waals surface area contributed by atoms with Crippen LogP contribution in [0.15, 0.2) is 53.3 Å². The second-order valence-corrected chi connectivity index (χ2v) is 6.03. The van der Waals surface area contributed by atoms with E-state index in [1.165, 1.54) is 12.1 Å². The zero-order chi connectivity index (χ0) is 21.0. The molecule has 1 aromatic heterocycles. The molecule has 0 saturated heterocycles. The van der Waals surface area contributed by atoms with Crippen LogP contribution in [0, 0.1) is 22.7 Å². The predicted octanol–water partition coefficient (Wildman–Crippen LogP) is 2.64. The third-order valence-corrected chi connectivity index (χ3v) is 4.19. The van der Waals surface area contributed by atoms with Gasteiger partial charge in [-0.25, -0.2) is 4.79 Å². The molecule has 8 heteroatoms. The van der Waals surface area contributed by atoms with Crippen LogP contribution in [0.1, 0.15) is 27.0 Å². The number of nitrogens with one attached hydrogen (secondary N) is 1. The van der Waals surface area contributed by atoms with E-state index in [1.807, 2.05) is 12.1 Å². The summed E-state index contributed by atoms with van der Waals surface area (Å²) < 4.78 is 5.66. The molecule has 0 radical (unpaired) electrons. The number of aromatic nitrogens is 1. The SMILES string of the molecule is N#Cc1c(N)[nH]c(=O)c(C#N)c1-c1ccc(OCc2cccc(C(=O)O)c2)cc1. The fraction of sp³-hybridized carbons (Fsp3) is 0.0476. The maximum Gasteiger partial charge on any atom is 0.335 e. The predicted molar refractivity (Wildman–Crippen MR) is 104 cm³/mol. The van der Waals surface area contributed by atoms with Crippen molar-refractivity contribution in [3.05, 3.63) is 81.1 Å². The number of carboxylic acids is 1. The molecule has 0 fully saturated rings. The number of nitrogen functional groups attached to an aromatic ring is 1. The van der Waals surface area contributed by atoms with Crippen molar-refractivity contribution in [3.8, 4) is 29.0 Å². The van der Waals surface area contributed by atoms with Gasteiger partial charge in [0.15, 0.2) is 0 Å². The molecule has 0 saturated carbocycles. The largest absolute Gasteiger partial charge is 0.489 e. The van der Waals surface area contributed by atoms with Crippen molar-refractivity contribution in [2.45, 2.75) is 6.61 Å². The minimum absolute atomic E-state index is 0.0142. The van der Waals surface area contributed by atoms with Crippen molar-refractivity contribution in [2.24, 2.45) is 0 Å². The van der Waals surface area contributed by atoms with Crippen LogP contribution in [0.4, 0.5) is 5.82 Å². The molecule has 0 aliphatic carbocycles. The van der Waals surface area contributed by atoms with Gasteiger partial charge in [0.05, 0.1) is 5.56 Å². The zero-order valence-electron chi connectivity index (χ0n) is 15.0. The number of carbonyl (C=O) groups is 1. The number of carboxylic acid groups (broad SMARTS) is 1. The molecular weight excluding hydrogens is 372 g/mol. The van der Waals surface area contributed by atoms with Crippen LogP contribution in [0.2, 0.25) is 0 Å². The second-order valence-electron chi connectivity index (χ2n) is 6.03. The molecule has 2 aromatic carbocycles. The molecule has 0 atom stereocenters. The number of ether oxygens (including phenoxy) is 1. The average molecular weight is 386 g/mol.